The number of rotatable bonds is 4. The number of amides is 2. The standard InChI is InChI=1S/C16H23FN2O3/c1-10(15-11(17)6-5-9-14(15)22-2)18-16(21)19-12-7-3-4-8-13(12)20/h5-6,9-10,12-13,20H,3-4,7-8H2,1-2H3,(H2,18,19,21)/t10-,12+,13+/m0/s1. The van der Waals surface area contributed by atoms with E-state index >= 15 is 0 Å². The van der Waals surface area contributed by atoms with Crippen LogP contribution in [0.25, 0.3) is 0 Å². The maximum Gasteiger partial charge on any atom is 0.315 e. The van der Waals surface area contributed by atoms with Crippen LogP contribution in [0.3, 0.4) is 0 Å². The van der Waals surface area contributed by atoms with Gasteiger partial charge in [0.05, 0.1) is 30.9 Å². The third-order valence-corrected chi connectivity index (χ3v) is 4.06. The minimum absolute atomic E-state index is 0.247. The second-order valence-corrected chi connectivity index (χ2v) is 5.65. The minimum Gasteiger partial charge on any atom is -0.496 e. The van der Waals surface area contributed by atoms with E-state index in [0.717, 1.165) is 19.3 Å². The summed E-state index contributed by atoms with van der Waals surface area (Å²) in [5.74, 6) is -0.0321. The minimum atomic E-state index is -0.545. The van der Waals surface area contributed by atoms with Crippen LogP contribution in [0.5, 0.6) is 5.75 Å². The quantitative estimate of drug-likeness (QED) is 0.800. The highest BCUT2D eigenvalue weighted by molar-refractivity contribution is 5.75. The number of ether oxygens (including phenoxy) is 1. The van der Waals surface area contributed by atoms with Crippen LogP contribution >= 0.6 is 0 Å². The molecule has 0 saturated heterocycles. The molecule has 0 spiro atoms. The summed E-state index contributed by atoms with van der Waals surface area (Å²) in [6, 6.07) is 3.34. The van der Waals surface area contributed by atoms with Gasteiger partial charge in [0, 0.05) is 0 Å². The first-order valence-electron chi connectivity index (χ1n) is 7.60. The zero-order valence-electron chi connectivity index (χ0n) is 12.9. The largest absolute Gasteiger partial charge is 0.496 e. The molecule has 3 N–H and O–H groups in total. The molecule has 1 saturated carbocycles. The van der Waals surface area contributed by atoms with Crippen molar-refractivity contribution in [2.24, 2.45) is 0 Å². The average Bonchev–Trinajstić information content (AvgIpc) is 2.49. The molecule has 0 bridgehead atoms. The van der Waals surface area contributed by atoms with Crippen LogP contribution < -0.4 is 15.4 Å². The van der Waals surface area contributed by atoms with E-state index in [4.69, 9.17) is 4.74 Å². The second-order valence-electron chi connectivity index (χ2n) is 5.65. The number of urea groups is 1. The van der Waals surface area contributed by atoms with Crippen molar-refractivity contribution in [3.63, 3.8) is 0 Å². The first kappa shape index (κ1) is 16.5. The lowest BCUT2D eigenvalue weighted by atomic mass is 9.93. The molecule has 0 radical (unpaired) electrons. The Labute approximate surface area is 129 Å². The molecular weight excluding hydrogens is 287 g/mol. The third-order valence-electron chi connectivity index (χ3n) is 4.06. The lowest BCUT2D eigenvalue weighted by molar-refractivity contribution is 0.0940. The summed E-state index contributed by atoms with van der Waals surface area (Å²) in [7, 11) is 1.46. The Morgan fingerprint density at radius 3 is 2.82 bits per heavy atom. The van der Waals surface area contributed by atoms with Gasteiger partial charge in [-0.2, -0.15) is 0 Å². The summed E-state index contributed by atoms with van der Waals surface area (Å²) in [4.78, 5) is 12.1. The van der Waals surface area contributed by atoms with Crippen molar-refractivity contribution in [2.75, 3.05) is 7.11 Å². The first-order valence-corrected chi connectivity index (χ1v) is 7.60. The van der Waals surface area contributed by atoms with Crippen LogP contribution in [0.15, 0.2) is 18.2 Å². The fourth-order valence-corrected chi connectivity index (χ4v) is 2.87. The van der Waals surface area contributed by atoms with E-state index in [1.54, 1.807) is 19.1 Å². The molecule has 1 aliphatic carbocycles. The van der Waals surface area contributed by atoms with Crippen LogP contribution in [0, 0.1) is 5.82 Å². The highest BCUT2D eigenvalue weighted by Crippen LogP contribution is 2.27. The van der Waals surface area contributed by atoms with Gasteiger partial charge in [-0.3, -0.25) is 0 Å². The van der Waals surface area contributed by atoms with Crippen molar-refractivity contribution in [3.8, 4) is 5.75 Å². The monoisotopic (exact) mass is 310 g/mol. The highest BCUT2D eigenvalue weighted by Gasteiger charge is 2.25. The van der Waals surface area contributed by atoms with Crippen LogP contribution in [0.2, 0.25) is 0 Å². The predicted octanol–water partition coefficient (Wildman–Crippen LogP) is 2.50. The maximum atomic E-state index is 14.0. The lowest BCUT2D eigenvalue weighted by Gasteiger charge is -2.29. The lowest BCUT2D eigenvalue weighted by Crippen LogP contribution is -2.49. The Morgan fingerprint density at radius 1 is 1.41 bits per heavy atom. The number of benzene rings is 1. The molecule has 0 aromatic heterocycles. The van der Waals surface area contributed by atoms with Gasteiger partial charge in [0.15, 0.2) is 0 Å². The van der Waals surface area contributed by atoms with Gasteiger partial charge < -0.3 is 20.5 Å². The normalized spacial score (nSPS) is 22.7. The number of hydrogen-bond donors (Lipinski definition) is 3. The molecule has 1 aliphatic rings. The molecule has 0 unspecified atom stereocenters. The van der Waals surface area contributed by atoms with Crippen LogP contribution in [-0.2, 0) is 0 Å². The van der Waals surface area contributed by atoms with E-state index in [-0.39, 0.29) is 6.04 Å². The zero-order chi connectivity index (χ0) is 16.1. The number of carbonyl (C=O) groups excluding carboxylic acids is 1. The first-order chi connectivity index (χ1) is 10.5. The number of methoxy groups -OCH3 is 1. The topological polar surface area (TPSA) is 70.6 Å². The van der Waals surface area contributed by atoms with Gasteiger partial charge in [0.2, 0.25) is 0 Å². The van der Waals surface area contributed by atoms with Crippen molar-refractivity contribution >= 4 is 6.03 Å². The number of aliphatic hydroxyl groups excluding tert-OH is 1. The van der Waals surface area contributed by atoms with Gasteiger partial charge in [-0.1, -0.05) is 18.9 Å². The van der Waals surface area contributed by atoms with Gasteiger partial charge in [-0.05, 0) is 31.9 Å². The third kappa shape index (κ3) is 3.88. The van der Waals surface area contributed by atoms with Gasteiger partial charge in [-0.25, -0.2) is 9.18 Å². The summed E-state index contributed by atoms with van der Waals surface area (Å²) in [6.45, 7) is 1.69. The molecule has 0 aliphatic heterocycles. The highest BCUT2D eigenvalue weighted by atomic mass is 19.1. The molecule has 1 aromatic carbocycles. The van der Waals surface area contributed by atoms with E-state index in [0.29, 0.717) is 17.7 Å². The molecular formula is C16H23FN2O3. The van der Waals surface area contributed by atoms with E-state index in [1.165, 1.54) is 13.2 Å². The van der Waals surface area contributed by atoms with Crippen molar-refractivity contribution in [2.45, 2.75) is 50.8 Å². The van der Waals surface area contributed by atoms with Crippen molar-refractivity contribution in [3.05, 3.63) is 29.6 Å². The number of nitrogens with one attached hydrogen (secondary N) is 2. The molecule has 6 heteroatoms. The number of carbonyl (C=O) groups is 1. The van der Waals surface area contributed by atoms with E-state index in [1.807, 2.05) is 0 Å². The number of halogens is 1. The fraction of sp³-hybridized carbons (Fsp3) is 0.562. The van der Waals surface area contributed by atoms with Gasteiger partial charge in [-0.15, -0.1) is 0 Å². The molecule has 2 rings (SSSR count). The summed E-state index contributed by atoms with van der Waals surface area (Å²) >= 11 is 0. The Hall–Kier alpha value is -1.82. The van der Waals surface area contributed by atoms with E-state index in [2.05, 4.69) is 10.6 Å². The SMILES string of the molecule is COc1cccc(F)c1[C@H](C)NC(=O)N[C@@H]1CCCC[C@H]1O. The van der Waals surface area contributed by atoms with Crippen LogP contribution in [-0.4, -0.2) is 30.4 Å². The Morgan fingerprint density at radius 2 is 2.14 bits per heavy atom. The zero-order valence-corrected chi connectivity index (χ0v) is 12.9. The van der Waals surface area contributed by atoms with E-state index < -0.39 is 24.0 Å². The van der Waals surface area contributed by atoms with Crippen molar-refractivity contribution < 1.29 is 19.0 Å². The maximum absolute atomic E-state index is 14.0. The summed E-state index contributed by atoms with van der Waals surface area (Å²) in [5, 5.41) is 15.3. The second kappa shape index (κ2) is 7.45. The Bertz CT molecular complexity index is 524. The molecule has 122 valence electrons. The van der Waals surface area contributed by atoms with Crippen molar-refractivity contribution in [1.82, 2.24) is 10.6 Å². The van der Waals surface area contributed by atoms with Gasteiger partial charge in [0.1, 0.15) is 11.6 Å². The Kier molecular flexibility index (Phi) is 5.60. The average molecular weight is 310 g/mol. The van der Waals surface area contributed by atoms with Gasteiger partial charge >= 0.3 is 6.03 Å². The van der Waals surface area contributed by atoms with Gasteiger partial charge in [0.25, 0.3) is 0 Å². The summed E-state index contributed by atoms with van der Waals surface area (Å²) in [6.07, 6.45) is 2.90. The fourth-order valence-electron chi connectivity index (χ4n) is 2.87. The molecule has 3 atom stereocenters. The molecule has 0 heterocycles. The molecule has 1 fully saturated rings. The molecule has 1 aromatic rings. The van der Waals surface area contributed by atoms with Crippen molar-refractivity contribution in [1.29, 1.82) is 0 Å². The summed E-state index contributed by atoms with van der Waals surface area (Å²) in [5.41, 5.74) is 0.310. The number of aliphatic hydroxyl groups is 1. The van der Waals surface area contributed by atoms with Crippen LogP contribution in [0.4, 0.5) is 9.18 Å². The predicted molar refractivity (Wildman–Crippen MR) is 81.3 cm³/mol. The number of hydrogen-bond acceptors (Lipinski definition) is 3. The molecule has 5 nitrogen and oxygen atoms in total. The van der Waals surface area contributed by atoms with E-state index in [9.17, 15) is 14.3 Å². The summed E-state index contributed by atoms with van der Waals surface area (Å²) < 4.78 is 19.1. The molecule has 22 heavy (non-hydrogen) atoms. The van der Waals surface area contributed by atoms with Crippen LogP contribution in [0.1, 0.15) is 44.2 Å². The smallest absolute Gasteiger partial charge is 0.315 e. The molecule has 2 amide bonds. The Balaban J connectivity index is 1.99.